The highest BCUT2D eigenvalue weighted by atomic mass is 31.2. The van der Waals surface area contributed by atoms with Crippen LogP contribution in [0.25, 0.3) is 0 Å². The normalized spacial score (nSPS) is 14.1. The number of quaternary nitrogens is 1. The van der Waals surface area contributed by atoms with E-state index in [1.165, 1.54) is 167 Å². The summed E-state index contributed by atoms with van der Waals surface area (Å²) < 4.78 is 30.8. The predicted molar refractivity (Wildman–Crippen MR) is 378 cm³/mol. The monoisotopic (exact) mass is 1230 g/mol. The maximum absolute atomic E-state index is 13.6. The number of phosphoric acid groups is 1. The van der Waals surface area contributed by atoms with Gasteiger partial charge in [-0.1, -0.05) is 297 Å². The number of hydrogen-bond donors (Lipinski definition) is 2. The second kappa shape index (κ2) is 65.6. The number of carbonyl (C=O) groups excluding carboxylic acids is 2. The minimum atomic E-state index is -4.46. The van der Waals surface area contributed by atoms with Gasteiger partial charge in [-0.15, -0.1) is 0 Å². The first kappa shape index (κ1) is 83.7. The summed E-state index contributed by atoms with van der Waals surface area (Å²) in [5.74, 6) is -0.512. The Hall–Kier alpha value is -3.33. The van der Waals surface area contributed by atoms with Crippen molar-refractivity contribution in [2.24, 2.45) is 0 Å². The Morgan fingerprint density at radius 2 is 0.736 bits per heavy atom. The lowest BCUT2D eigenvalue weighted by Gasteiger charge is -2.27. The van der Waals surface area contributed by atoms with Gasteiger partial charge in [0.1, 0.15) is 19.3 Å². The molecule has 2 N–H and O–H groups in total. The minimum Gasteiger partial charge on any atom is -0.456 e. The predicted octanol–water partition coefficient (Wildman–Crippen LogP) is 23.2. The number of likely N-dealkylation sites (N-methyl/N-ethyl adjacent to an activating group) is 1. The van der Waals surface area contributed by atoms with Gasteiger partial charge in [-0.2, -0.15) is 0 Å². The Kier molecular flexibility index (Phi) is 63.1. The second-order valence-electron chi connectivity index (χ2n) is 25.4. The van der Waals surface area contributed by atoms with Crippen LogP contribution in [0, 0.1) is 0 Å². The SMILES string of the molecule is CC/C=C\C/C=C\C/C=C\C/C=C\C/C=C\CCCCCCCCCCCC(=O)NC(COP(=O)(O)OCC[N+](C)(C)C)C(/C=C/CCCCCCCCCCC)OC(=O)CCCCCCCCCCCCCC/C=C\C/C=C\C/C=C\CCCCC. The van der Waals surface area contributed by atoms with Crippen LogP contribution in [0.5, 0.6) is 0 Å². The summed E-state index contributed by atoms with van der Waals surface area (Å²) in [6.45, 7) is 6.88. The standard InChI is InChI=1S/C77H137N2O7P/c1-7-10-13-16-19-22-25-27-29-31-33-35-37-39-41-43-45-47-49-51-54-57-60-63-66-69-76(80)78-74(73-85-87(82,83)84-72-71-79(4,5)6)75(68-65-62-59-56-53-24-21-18-15-12-9-3)86-77(81)70-67-64-61-58-55-52-50-48-46-44-42-40-38-36-34-32-30-28-26-23-20-17-14-11-8-2/h10,13,19-20,22-23,27-30,33-36,39,41,65,68,74-75H,7-9,11-12,14-18,21,24-26,31-32,37-38,40,42-64,66-67,69-73H2,1-6H3,(H-,78,80,82,83)/p+1/b13-10-,22-19-,23-20-,29-27-,30-28-,35-33-,36-34-,41-39-,68-65+. The van der Waals surface area contributed by atoms with Crippen molar-refractivity contribution in [3.8, 4) is 0 Å². The van der Waals surface area contributed by atoms with Crippen LogP contribution in [0.3, 0.4) is 0 Å². The number of phosphoric ester groups is 1. The van der Waals surface area contributed by atoms with Crippen LogP contribution in [0.2, 0.25) is 0 Å². The Bertz CT molecular complexity index is 1860. The van der Waals surface area contributed by atoms with Crippen LogP contribution < -0.4 is 5.32 Å². The molecule has 3 atom stereocenters. The largest absolute Gasteiger partial charge is 0.472 e. The number of rotatable bonds is 65. The Labute approximate surface area is 538 Å². The highest BCUT2D eigenvalue weighted by Gasteiger charge is 2.30. The average molecular weight is 1230 g/mol. The molecule has 0 aliphatic rings. The number of allylic oxidation sites excluding steroid dienone is 17. The zero-order chi connectivity index (χ0) is 63.5. The fourth-order valence-corrected chi connectivity index (χ4v) is 10.9. The van der Waals surface area contributed by atoms with Crippen molar-refractivity contribution in [3.05, 3.63) is 109 Å². The summed E-state index contributed by atoms with van der Waals surface area (Å²) in [6.07, 6.45) is 91.0. The van der Waals surface area contributed by atoms with Crippen LogP contribution >= 0.6 is 7.82 Å². The molecule has 0 aromatic heterocycles. The molecule has 0 fully saturated rings. The van der Waals surface area contributed by atoms with Crippen molar-refractivity contribution >= 4 is 19.7 Å². The molecule has 10 heteroatoms. The molecule has 87 heavy (non-hydrogen) atoms. The molecule has 0 heterocycles. The maximum Gasteiger partial charge on any atom is 0.472 e. The molecule has 0 radical (unpaired) electrons. The third-order valence-corrected chi connectivity index (χ3v) is 16.7. The van der Waals surface area contributed by atoms with Gasteiger partial charge in [0.2, 0.25) is 5.91 Å². The van der Waals surface area contributed by atoms with Gasteiger partial charge in [0.15, 0.2) is 0 Å². The number of hydrogen-bond acceptors (Lipinski definition) is 6. The lowest BCUT2D eigenvalue weighted by Crippen LogP contribution is -2.47. The van der Waals surface area contributed by atoms with E-state index < -0.39 is 20.0 Å². The topological polar surface area (TPSA) is 111 Å². The molecule has 0 aromatic rings. The van der Waals surface area contributed by atoms with E-state index in [9.17, 15) is 19.0 Å². The zero-order valence-electron chi connectivity index (χ0n) is 57.5. The van der Waals surface area contributed by atoms with Gasteiger partial charge in [-0.3, -0.25) is 18.6 Å². The number of ether oxygens (including phenoxy) is 1. The fraction of sp³-hybridized carbons (Fsp3) is 0.740. The summed E-state index contributed by atoms with van der Waals surface area (Å²) in [5.41, 5.74) is 0. The van der Waals surface area contributed by atoms with Gasteiger partial charge in [0.25, 0.3) is 0 Å². The van der Waals surface area contributed by atoms with Crippen molar-refractivity contribution in [1.29, 1.82) is 0 Å². The highest BCUT2D eigenvalue weighted by molar-refractivity contribution is 7.47. The van der Waals surface area contributed by atoms with Crippen molar-refractivity contribution in [2.45, 2.75) is 328 Å². The summed E-state index contributed by atoms with van der Waals surface area (Å²) in [7, 11) is 1.48. The summed E-state index contributed by atoms with van der Waals surface area (Å²) >= 11 is 0. The van der Waals surface area contributed by atoms with Crippen LogP contribution in [-0.4, -0.2) is 74.3 Å². The molecule has 0 aromatic carbocycles. The molecule has 0 saturated carbocycles. The summed E-state index contributed by atoms with van der Waals surface area (Å²) in [6, 6.07) is -0.860. The summed E-state index contributed by atoms with van der Waals surface area (Å²) in [4.78, 5) is 37.9. The minimum absolute atomic E-state index is 0.0344. The molecule has 0 aliphatic heterocycles. The van der Waals surface area contributed by atoms with Crippen LogP contribution in [0.15, 0.2) is 109 Å². The molecular formula is C77H138N2O7P+. The Morgan fingerprint density at radius 1 is 0.414 bits per heavy atom. The molecule has 0 spiro atoms. The highest BCUT2D eigenvalue weighted by Crippen LogP contribution is 2.43. The summed E-state index contributed by atoms with van der Waals surface area (Å²) in [5, 5.41) is 3.07. The number of nitrogens with one attached hydrogen (secondary N) is 1. The number of carbonyl (C=O) groups is 2. The lowest BCUT2D eigenvalue weighted by molar-refractivity contribution is -0.870. The Balaban J connectivity index is 5.02. The lowest BCUT2D eigenvalue weighted by atomic mass is 10.0. The molecule has 0 bridgehead atoms. The average Bonchev–Trinajstić information content (AvgIpc) is 3.70. The first-order valence-corrected chi connectivity index (χ1v) is 37.7. The molecule has 0 saturated heterocycles. The van der Waals surface area contributed by atoms with Crippen LogP contribution in [0.1, 0.15) is 316 Å². The van der Waals surface area contributed by atoms with E-state index in [0.29, 0.717) is 17.4 Å². The third-order valence-electron chi connectivity index (χ3n) is 15.7. The van der Waals surface area contributed by atoms with E-state index in [2.05, 4.69) is 123 Å². The van der Waals surface area contributed by atoms with E-state index in [1.807, 2.05) is 33.3 Å². The van der Waals surface area contributed by atoms with Crippen molar-refractivity contribution in [3.63, 3.8) is 0 Å². The van der Waals surface area contributed by atoms with Crippen molar-refractivity contribution in [1.82, 2.24) is 5.32 Å². The van der Waals surface area contributed by atoms with E-state index in [4.69, 9.17) is 13.8 Å². The number of unbranched alkanes of at least 4 members (excludes halogenated alkanes) is 33. The maximum atomic E-state index is 13.6. The van der Waals surface area contributed by atoms with Gasteiger partial charge < -0.3 is 19.4 Å². The van der Waals surface area contributed by atoms with Gasteiger partial charge in [-0.05, 0) is 115 Å². The fourth-order valence-electron chi connectivity index (χ4n) is 10.2. The molecule has 9 nitrogen and oxygen atoms in total. The van der Waals surface area contributed by atoms with Gasteiger partial charge in [0, 0.05) is 12.8 Å². The number of esters is 1. The van der Waals surface area contributed by atoms with Crippen molar-refractivity contribution < 1.29 is 37.3 Å². The smallest absolute Gasteiger partial charge is 0.456 e. The first-order valence-electron chi connectivity index (χ1n) is 36.2. The zero-order valence-corrected chi connectivity index (χ0v) is 58.4. The first-order chi connectivity index (χ1) is 42.4. The van der Waals surface area contributed by atoms with Gasteiger partial charge in [0.05, 0.1) is 33.8 Å². The molecule has 502 valence electrons. The molecule has 1 amide bonds. The van der Waals surface area contributed by atoms with E-state index >= 15 is 0 Å². The second-order valence-corrected chi connectivity index (χ2v) is 26.8. The molecule has 3 unspecified atom stereocenters. The van der Waals surface area contributed by atoms with E-state index in [0.717, 1.165) is 116 Å². The molecule has 0 aliphatic carbocycles. The molecular weight excluding hydrogens is 1100 g/mol. The van der Waals surface area contributed by atoms with Crippen molar-refractivity contribution in [2.75, 3.05) is 40.9 Å². The molecule has 0 rings (SSSR count). The van der Waals surface area contributed by atoms with Gasteiger partial charge in [-0.25, -0.2) is 4.57 Å². The van der Waals surface area contributed by atoms with E-state index in [-0.39, 0.29) is 31.5 Å². The number of amides is 1. The third kappa shape index (κ3) is 66.9. The van der Waals surface area contributed by atoms with E-state index in [1.54, 1.807) is 0 Å². The number of nitrogens with zero attached hydrogens (tertiary/aromatic N) is 1. The van der Waals surface area contributed by atoms with Crippen LogP contribution in [-0.2, 0) is 27.9 Å². The van der Waals surface area contributed by atoms with Gasteiger partial charge >= 0.3 is 13.8 Å². The quantitative estimate of drug-likeness (QED) is 0.0205. The van der Waals surface area contributed by atoms with Crippen LogP contribution in [0.4, 0.5) is 0 Å². The Morgan fingerprint density at radius 3 is 1.13 bits per heavy atom.